The smallest absolute Gasteiger partial charge is 0.416 e. The molecule has 1 N–H and O–H groups in total. The number of rotatable bonds is 6. The van der Waals surface area contributed by atoms with Crippen LogP contribution in [0.5, 0.6) is 5.75 Å². The van der Waals surface area contributed by atoms with Gasteiger partial charge in [0.1, 0.15) is 23.7 Å². The summed E-state index contributed by atoms with van der Waals surface area (Å²) >= 11 is 0. The maximum Gasteiger partial charge on any atom is 0.416 e. The van der Waals surface area contributed by atoms with E-state index in [1.54, 1.807) is 18.1 Å². The Morgan fingerprint density at radius 1 is 1.21 bits per heavy atom. The number of carbonyl (C=O) groups excluding carboxylic acids is 1. The van der Waals surface area contributed by atoms with E-state index in [1.807, 2.05) is 12.1 Å². The van der Waals surface area contributed by atoms with Gasteiger partial charge in [-0.15, -0.1) is 0 Å². The predicted molar refractivity (Wildman–Crippen MR) is 134 cm³/mol. The van der Waals surface area contributed by atoms with E-state index in [2.05, 4.69) is 21.9 Å². The van der Waals surface area contributed by atoms with Gasteiger partial charge in [-0.05, 0) is 54.8 Å². The van der Waals surface area contributed by atoms with E-state index >= 15 is 0 Å². The normalized spacial score (nSPS) is 18.9. The van der Waals surface area contributed by atoms with Crippen LogP contribution in [0.1, 0.15) is 42.0 Å². The molecule has 1 atom stereocenters. The van der Waals surface area contributed by atoms with Crippen molar-refractivity contribution in [3.05, 3.63) is 77.9 Å². The second-order valence-electron chi connectivity index (χ2n) is 9.60. The Morgan fingerprint density at radius 2 is 2.00 bits per heavy atom. The van der Waals surface area contributed by atoms with Gasteiger partial charge >= 0.3 is 6.18 Å². The number of hydrogen-bond acceptors (Lipinski definition) is 7. The lowest BCUT2D eigenvalue weighted by Crippen LogP contribution is -2.48. The number of hydroxylamine groups is 1. The molecular weight excluding hydrogens is 518 g/mol. The molecule has 3 heterocycles. The minimum atomic E-state index is -4.69. The number of amides is 1. The molecule has 6 rings (SSSR count). The molecular formula is C27H23F4N5O3. The van der Waals surface area contributed by atoms with Crippen LogP contribution in [0.4, 0.5) is 40.6 Å². The lowest BCUT2D eigenvalue weighted by atomic mass is 9.89. The second kappa shape index (κ2) is 8.94. The Bertz CT molecular complexity index is 1490. The van der Waals surface area contributed by atoms with Crippen LogP contribution in [0.15, 0.2) is 55.4 Å². The average molecular weight is 542 g/mol. The number of anilines is 4. The van der Waals surface area contributed by atoms with Gasteiger partial charge in [-0.25, -0.2) is 19.4 Å². The fourth-order valence-corrected chi connectivity index (χ4v) is 5.36. The highest BCUT2D eigenvalue weighted by atomic mass is 19.4. The van der Waals surface area contributed by atoms with E-state index in [1.165, 1.54) is 17.5 Å². The lowest BCUT2D eigenvalue weighted by Gasteiger charge is -2.44. The summed E-state index contributed by atoms with van der Waals surface area (Å²) in [5.41, 5.74) is 1.10. The Balaban J connectivity index is 1.29. The molecule has 0 radical (unpaired) electrons. The first-order chi connectivity index (χ1) is 18.6. The maximum absolute atomic E-state index is 14.1. The van der Waals surface area contributed by atoms with Crippen molar-refractivity contribution in [3.8, 4) is 5.75 Å². The molecule has 1 amide bonds. The highest BCUT2D eigenvalue weighted by molar-refractivity contribution is 6.08. The molecule has 39 heavy (non-hydrogen) atoms. The molecule has 12 heteroatoms. The van der Waals surface area contributed by atoms with Crippen LogP contribution in [0.25, 0.3) is 0 Å². The Hall–Kier alpha value is -4.19. The number of methoxy groups -OCH3 is 1. The molecule has 2 fully saturated rings. The molecule has 202 valence electrons. The molecule has 1 spiro atoms. The van der Waals surface area contributed by atoms with E-state index in [-0.39, 0.29) is 29.4 Å². The summed E-state index contributed by atoms with van der Waals surface area (Å²) in [7, 11) is 1.54. The van der Waals surface area contributed by atoms with Crippen molar-refractivity contribution in [2.45, 2.75) is 37.0 Å². The highest BCUT2D eigenvalue weighted by Gasteiger charge is 2.60. The minimum Gasteiger partial charge on any atom is -0.495 e. The van der Waals surface area contributed by atoms with Gasteiger partial charge in [0.2, 0.25) is 0 Å². The standard InChI is InChI=1S/C27H23F4N5O3/c1-3-25(37)35-21-12-19(22(38-2)11-18(21)26(35)5-6-26)34-23-13-24(33-14-32-23)36-20(4-7-39-36)15-8-16(27(29,30)31)10-17(28)9-15/h3,8-14,20H,1,4-7H2,2H3,(H,32,33,34)/t20-/m1/s1. The van der Waals surface area contributed by atoms with Crippen molar-refractivity contribution in [1.29, 1.82) is 0 Å². The van der Waals surface area contributed by atoms with Gasteiger partial charge < -0.3 is 10.1 Å². The molecule has 0 bridgehead atoms. The third-order valence-corrected chi connectivity index (χ3v) is 7.28. The monoisotopic (exact) mass is 541 g/mol. The lowest BCUT2D eigenvalue weighted by molar-refractivity contribution is -0.137. The van der Waals surface area contributed by atoms with Crippen LogP contribution in [-0.4, -0.2) is 29.6 Å². The fraction of sp³-hybridized carbons (Fsp3) is 0.296. The van der Waals surface area contributed by atoms with E-state index in [4.69, 9.17) is 9.57 Å². The van der Waals surface area contributed by atoms with Crippen molar-refractivity contribution >= 4 is 28.9 Å². The van der Waals surface area contributed by atoms with Crippen molar-refractivity contribution in [3.63, 3.8) is 0 Å². The van der Waals surface area contributed by atoms with Gasteiger partial charge in [-0.1, -0.05) is 6.58 Å². The molecule has 1 aromatic heterocycles. The molecule has 3 aliphatic rings. The first-order valence-electron chi connectivity index (χ1n) is 12.2. The van der Waals surface area contributed by atoms with Gasteiger partial charge in [0.25, 0.3) is 5.91 Å². The number of carbonyl (C=O) groups is 1. The summed E-state index contributed by atoms with van der Waals surface area (Å²) in [5, 5.41) is 4.54. The van der Waals surface area contributed by atoms with Gasteiger partial charge in [0, 0.05) is 18.1 Å². The van der Waals surface area contributed by atoms with E-state index in [0.717, 1.165) is 36.2 Å². The number of hydrogen-bond donors (Lipinski definition) is 1. The molecule has 1 saturated heterocycles. The number of fused-ring (bicyclic) bond motifs is 2. The molecule has 0 unspecified atom stereocenters. The molecule has 8 nitrogen and oxygen atoms in total. The van der Waals surface area contributed by atoms with Crippen molar-refractivity contribution in [2.75, 3.05) is 29.0 Å². The number of alkyl halides is 3. The average Bonchev–Trinajstić information content (AvgIpc) is 3.58. The summed E-state index contributed by atoms with van der Waals surface area (Å²) < 4.78 is 59.6. The number of ether oxygens (including phenoxy) is 1. The van der Waals surface area contributed by atoms with Crippen molar-refractivity contribution in [1.82, 2.24) is 9.97 Å². The summed E-state index contributed by atoms with van der Waals surface area (Å²) in [6.07, 6.45) is -0.0341. The highest BCUT2D eigenvalue weighted by Crippen LogP contribution is 2.64. The maximum atomic E-state index is 14.1. The van der Waals surface area contributed by atoms with Gasteiger partial charge in [-0.2, -0.15) is 13.2 Å². The summed E-state index contributed by atoms with van der Waals surface area (Å²) in [4.78, 5) is 28.4. The summed E-state index contributed by atoms with van der Waals surface area (Å²) in [6, 6.07) is 7.04. The third kappa shape index (κ3) is 4.15. The number of halogens is 4. The Kier molecular flexibility index (Phi) is 5.75. The SMILES string of the molecule is C=CC(=O)N1c2cc(Nc3cc(N4OCC[C@@H]4c4cc(F)cc(C(F)(F)F)c4)ncn3)c(OC)cc2C12CC2. The van der Waals surface area contributed by atoms with Gasteiger partial charge in [-0.3, -0.25) is 14.5 Å². The van der Waals surface area contributed by atoms with Crippen LogP contribution in [-0.2, 0) is 21.3 Å². The zero-order chi connectivity index (χ0) is 27.5. The van der Waals surface area contributed by atoms with Crippen LogP contribution < -0.4 is 20.0 Å². The van der Waals surface area contributed by atoms with Gasteiger partial charge in [0.05, 0.1) is 42.2 Å². The fourth-order valence-electron chi connectivity index (χ4n) is 5.36. The Labute approximate surface area is 220 Å². The number of nitrogens with one attached hydrogen (secondary N) is 1. The van der Waals surface area contributed by atoms with E-state index < -0.39 is 23.6 Å². The first-order valence-corrected chi connectivity index (χ1v) is 12.2. The first kappa shape index (κ1) is 25.1. The minimum absolute atomic E-state index is 0.123. The summed E-state index contributed by atoms with van der Waals surface area (Å²) in [6.45, 7) is 3.82. The molecule has 2 aromatic carbocycles. The van der Waals surface area contributed by atoms with Crippen LogP contribution >= 0.6 is 0 Å². The molecule has 3 aromatic rings. The van der Waals surface area contributed by atoms with E-state index in [9.17, 15) is 22.4 Å². The number of nitrogens with zero attached hydrogens (tertiary/aromatic N) is 4. The van der Waals surface area contributed by atoms with Crippen LogP contribution in [0.2, 0.25) is 0 Å². The predicted octanol–water partition coefficient (Wildman–Crippen LogP) is 5.79. The zero-order valence-corrected chi connectivity index (χ0v) is 20.8. The van der Waals surface area contributed by atoms with Crippen LogP contribution in [0, 0.1) is 5.82 Å². The van der Waals surface area contributed by atoms with Gasteiger partial charge in [0.15, 0.2) is 5.82 Å². The Morgan fingerprint density at radius 3 is 2.69 bits per heavy atom. The van der Waals surface area contributed by atoms with Crippen molar-refractivity contribution in [2.24, 2.45) is 0 Å². The third-order valence-electron chi connectivity index (χ3n) is 7.28. The van der Waals surface area contributed by atoms with Crippen LogP contribution in [0.3, 0.4) is 0 Å². The number of benzene rings is 2. The quantitative estimate of drug-likeness (QED) is 0.313. The van der Waals surface area contributed by atoms with E-state index in [0.29, 0.717) is 29.7 Å². The summed E-state index contributed by atoms with van der Waals surface area (Å²) in [5.74, 6) is 0.0201. The largest absolute Gasteiger partial charge is 0.495 e. The van der Waals surface area contributed by atoms with Crippen molar-refractivity contribution < 1.29 is 31.9 Å². The topological polar surface area (TPSA) is 79.8 Å². The molecule has 1 saturated carbocycles. The zero-order valence-electron chi connectivity index (χ0n) is 20.8. The second-order valence-corrected chi connectivity index (χ2v) is 9.60. The molecule has 1 aliphatic carbocycles. The molecule has 2 aliphatic heterocycles. The number of aromatic nitrogens is 2.